The number of fused-ring (bicyclic) bond motifs is 9. The molecule has 52 heavy (non-hydrogen) atoms. The van der Waals surface area contributed by atoms with Crippen molar-refractivity contribution in [3.63, 3.8) is 0 Å². The normalized spacial score (nSPS) is 11.8. The monoisotopic (exact) mass is 682 g/mol. The first-order chi connectivity index (χ1) is 25.8. The lowest BCUT2D eigenvalue weighted by Gasteiger charge is -2.27. The molecule has 0 amide bonds. The number of nitrogens with zero attached hydrogens (tertiary/aromatic N) is 2. The van der Waals surface area contributed by atoms with Crippen LogP contribution in [-0.2, 0) is 0 Å². The van der Waals surface area contributed by atoms with Gasteiger partial charge in [0.15, 0.2) is 0 Å². The Morgan fingerprint density at radius 1 is 0.423 bits per heavy atom. The number of hydrogen-bond acceptors (Lipinski definition) is 3. The Kier molecular flexibility index (Phi) is 6.42. The van der Waals surface area contributed by atoms with Gasteiger partial charge >= 0.3 is 0 Å². The standard InChI is InChI=1S/C48H30N2OS/c1-2-12-33(13-3-1)49-39-17-7-4-14-35(39)36-29-26-32(30-42(36)49)31-24-27-34(28-25-31)50(40-18-10-21-44-47(40)37-15-5-8-20-43(37)51-44)41-19-11-23-46-48(41)38-16-6-9-22-45(38)52-46/h1-30H. The molecule has 3 heterocycles. The Morgan fingerprint density at radius 2 is 1.06 bits per heavy atom. The molecule has 0 saturated carbocycles. The van der Waals surface area contributed by atoms with Crippen LogP contribution >= 0.6 is 11.3 Å². The number of anilines is 3. The van der Waals surface area contributed by atoms with Gasteiger partial charge in [-0.15, -0.1) is 11.3 Å². The van der Waals surface area contributed by atoms with Crippen molar-refractivity contribution in [2.75, 3.05) is 4.90 Å². The van der Waals surface area contributed by atoms with Crippen LogP contribution in [0.2, 0.25) is 0 Å². The maximum absolute atomic E-state index is 6.41. The molecule has 0 atom stereocenters. The number of aromatic nitrogens is 1. The van der Waals surface area contributed by atoms with Crippen LogP contribution in [0, 0.1) is 0 Å². The minimum Gasteiger partial charge on any atom is -0.456 e. The third kappa shape index (κ3) is 4.38. The first kappa shape index (κ1) is 29.1. The summed E-state index contributed by atoms with van der Waals surface area (Å²) in [5.74, 6) is 0. The van der Waals surface area contributed by atoms with Crippen molar-refractivity contribution in [3.8, 4) is 16.8 Å². The predicted octanol–water partition coefficient (Wildman–Crippen LogP) is 14.2. The van der Waals surface area contributed by atoms with Crippen LogP contribution in [0.5, 0.6) is 0 Å². The van der Waals surface area contributed by atoms with Gasteiger partial charge in [-0.25, -0.2) is 0 Å². The van der Waals surface area contributed by atoms with Gasteiger partial charge in [0.2, 0.25) is 0 Å². The molecule has 244 valence electrons. The molecule has 4 heteroatoms. The number of benzene rings is 8. The van der Waals surface area contributed by atoms with E-state index >= 15 is 0 Å². The minimum absolute atomic E-state index is 0.879. The third-order valence-corrected chi connectivity index (χ3v) is 11.5. The van der Waals surface area contributed by atoms with Crippen LogP contribution in [-0.4, -0.2) is 4.57 Å². The molecular formula is C48H30N2OS. The summed E-state index contributed by atoms with van der Waals surface area (Å²) in [5.41, 5.74) is 11.0. The zero-order valence-electron chi connectivity index (χ0n) is 28.0. The molecule has 8 aromatic carbocycles. The first-order valence-corrected chi connectivity index (χ1v) is 18.4. The molecule has 0 bridgehead atoms. The minimum atomic E-state index is 0.879. The smallest absolute Gasteiger partial charge is 0.137 e. The van der Waals surface area contributed by atoms with Gasteiger partial charge in [0.25, 0.3) is 0 Å². The summed E-state index contributed by atoms with van der Waals surface area (Å²) in [4.78, 5) is 2.42. The van der Waals surface area contributed by atoms with Gasteiger partial charge in [-0.3, -0.25) is 0 Å². The maximum atomic E-state index is 6.41. The second kappa shape index (κ2) is 11.5. The van der Waals surface area contributed by atoms with Gasteiger partial charge in [0, 0.05) is 47.7 Å². The van der Waals surface area contributed by atoms with E-state index in [0.29, 0.717) is 0 Å². The molecule has 0 aliphatic carbocycles. The Balaban J connectivity index is 1.12. The van der Waals surface area contributed by atoms with Crippen LogP contribution in [0.4, 0.5) is 17.1 Å². The quantitative estimate of drug-likeness (QED) is 0.180. The summed E-state index contributed by atoms with van der Waals surface area (Å²) in [5, 5.41) is 7.26. The van der Waals surface area contributed by atoms with Crippen molar-refractivity contribution in [2.45, 2.75) is 0 Å². The zero-order valence-corrected chi connectivity index (χ0v) is 28.8. The van der Waals surface area contributed by atoms with E-state index in [-0.39, 0.29) is 0 Å². The van der Waals surface area contributed by atoms with E-state index in [0.717, 1.165) is 44.7 Å². The number of furan rings is 1. The molecule has 3 nitrogen and oxygen atoms in total. The number of hydrogen-bond donors (Lipinski definition) is 0. The predicted molar refractivity (Wildman–Crippen MR) is 221 cm³/mol. The molecule has 11 aromatic rings. The summed E-state index contributed by atoms with van der Waals surface area (Å²) in [7, 11) is 0. The fraction of sp³-hybridized carbons (Fsp3) is 0. The van der Waals surface area contributed by atoms with Crippen LogP contribution in [0.25, 0.3) is 80.7 Å². The van der Waals surface area contributed by atoms with Gasteiger partial charge in [-0.1, -0.05) is 109 Å². The first-order valence-electron chi connectivity index (χ1n) is 17.6. The Hall–Kier alpha value is -6.62. The molecule has 0 fully saturated rings. The molecule has 0 saturated heterocycles. The summed E-state index contributed by atoms with van der Waals surface area (Å²) < 4.78 is 11.3. The van der Waals surface area contributed by atoms with Gasteiger partial charge in [-0.2, -0.15) is 0 Å². The largest absolute Gasteiger partial charge is 0.456 e. The topological polar surface area (TPSA) is 21.3 Å². The summed E-state index contributed by atoms with van der Waals surface area (Å²) in [6.07, 6.45) is 0. The van der Waals surface area contributed by atoms with Crippen molar-refractivity contribution in [1.29, 1.82) is 0 Å². The lowest BCUT2D eigenvalue weighted by atomic mass is 10.0. The van der Waals surface area contributed by atoms with E-state index in [4.69, 9.17) is 4.42 Å². The Bertz CT molecular complexity index is 3020. The van der Waals surface area contributed by atoms with Crippen molar-refractivity contribution >= 4 is 92.3 Å². The fourth-order valence-corrected chi connectivity index (χ4v) is 9.23. The lowest BCUT2D eigenvalue weighted by molar-refractivity contribution is 0.669. The van der Waals surface area contributed by atoms with Crippen LogP contribution in [0.15, 0.2) is 186 Å². The van der Waals surface area contributed by atoms with E-state index in [2.05, 4.69) is 185 Å². The summed E-state index contributed by atoms with van der Waals surface area (Å²) in [6.45, 7) is 0. The van der Waals surface area contributed by atoms with Crippen molar-refractivity contribution in [1.82, 2.24) is 4.57 Å². The van der Waals surface area contributed by atoms with Crippen LogP contribution in [0.1, 0.15) is 0 Å². The van der Waals surface area contributed by atoms with Crippen LogP contribution in [0.3, 0.4) is 0 Å². The molecule has 0 unspecified atom stereocenters. The van der Waals surface area contributed by atoms with Gasteiger partial charge in [0.1, 0.15) is 11.2 Å². The van der Waals surface area contributed by atoms with E-state index in [1.165, 1.54) is 53.1 Å². The Labute approximate surface area is 303 Å². The third-order valence-electron chi connectivity index (χ3n) is 10.4. The van der Waals surface area contributed by atoms with E-state index in [1.807, 2.05) is 17.4 Å². The SMILES string of the molecule is c1ccc(-n2c3ccccc3c3ccc(-c4ccc(N(c5cccc6oc7ccccc7c56)c5cccc6sc7ccccc7c56)cc4)cc32)cc1. The highest BCUT2D eigenvalue weighted by Crippen LogP contribution is 2.48. The average Bonchev–Trinajstić information content (AvgIpc) is 3.88. The van der Waals surface area contributed by atoms with Crippen molar-refractivity contribution in [3.05, 3.63) is 182 Å². The molecule has 11 rings (SSSR count). The van der Waals surface area contributed by atoms with Crippen molar-refractivity contribution in [2.24, 2.45) is 0 Å². The second-order valence-electron chi connectivity index (χ2n) is 13.3. The fourth-order valence-electron chi connectivity index (χ4n) is 8.10. The second-order valence-corrected chi connectivity index (χ2v) is 14.4. The van der Waals surface area contributed by atoms with E-state index in [1.54, 1.807) is 0 Å². The molecule has 3 aromatic heterocycles. The average molecular weight is 683 g/mol. The summed E-state index contributed by atoms with van der Waals surface area (Å²) in [6, 6.07) is 65.4. The van der Waals surface area contributed by atoms with Crippen LogP contribution < -0.4 is 4.90 Å². The zero-order chi connectivity index (χ0) is 34.2. The highest BCUT2D eigenvalue weighted by atomic mass is 32.1. The van der Waals surface area contributed by atoms with Gasteiger partial charge in [0.05, 0.1) is 27.8 Å². The molecule has 0 N–H and O–H groups in total. The molecule has 0 aliphatic rings. The summed E-state index contributed by atoms with van der Waals surface area (Å²) >= 11 is 1.85. The molecule has 0 spiro atoms. The Morgan fingerprint density at radius 3 is 1.92 bits per heavy atom. The highest BCUT2D eigenvalue weighted by molar-refractivity contribution is 7.26. The molecular weight excluding hydrogens is 653 g/mol. The van der Waals surface area contributed by atoms with Gasteiger partial charge in [-0.05, 0) is 83.9 Å². The van der Waals surface area contributed by atoms with Crippen molar-refractivity contribution < 1.29 is 4.42 Å². The van der Waals surface area contributed by atoms with E-state index in [9.17, 15) is 0 Å². The number of rotatable bonds is 5. The number of thiophene rings is 1. The van der Waals surface area contributed by atoms with Gasteiger partial charge < -0.3 is 13.9 Å². The molecule has 0 aliphatic heterocycles. The number of para-hydroxylation sites is 3. The molecule has 0 radical (unpaired) electrons. The van der Waals surface area contributed by atoms with E-state index < -0.39 is 0 Å². The maximum Gasteiger partial charge on any atom is 0.137 e. The lowest BCUT2D eigenvalue weighted by Crippen LogP contribution is -2.10. The highest BCUT2D eigenvalue weighted by Gasteiger charge is 2.22.